The van der Waals surface area contributed by atoms with Crippen LogP contribution >= 0.6 is 22.9 Å². The zero-order valence-corrected chi connectivity index (χ0v) is 7.29. The van der Waals surface area contributed by atoms with Crippen molar-refractivity contribution in [1.29, 1.82) is 0 Å². The minimum atomic E-state index is -1.92. The van der Waals surface area contributed by atoms with Gasteiger partial charge >= 0.3 is 0 Å². The molecule has 0 atom stereocenters. The average Bonchev–Trinajstić information content (AvgIpc) is 2.32. The van der Waals surface area contributed by atoms with E-state index >= 15 is 0 Å². The number of amides is 1. The Morgan fingerprint density at radius 2 is 2.82 bits per heavy atom. The summed E-state index contributed by atoms with van der Waals surface area (Å²) in [5.41, 5.74) is 0. The van der Waals surface area contributed by atoms with Gasteiger partial charge in [-0.25, -0.2) is 4.98 Å². The number of carbonyl (C=O) groups excluding carboxylic acids is 1. The van der Waals surface area contributed by atoms with E-state index in [9.17, 15) is 4.79 Å². The number of carbonyl (C=O) groups is 1. The van der Waals surface area contributed by atoms with E-state index in [1.165, 1.54) is 13.1 Å². The predicted molar refractivity (Wildman–Crippen MR) is 46.0 cm³/mol. The van der Waals surface area contributed by atoms with Crippen molar-refractivity contribution in [3.8, 4) is 0 Å². The summed E-state index contributed by atoms with van der Waals surface area (Å²) in [6.07, 6.45) is 1.31. The summed E-state index contributed by atoms with van der Waals surface area (Å²) in [7, 11) is 0. The first-order valence-electron chi connectivity index (χ1n) is 3.82. The number of nitrogens with one attached hydrogen (secondary N) is 1. The molecule has 0 aliphatic heterocycles. The maximum absolute atomic E-state index is 10.6. The molecule has 1 aromatic heterocycles. The molecule has 60 valence electrons. The molecule has 0 unspecified atom stereocenters. The predicted octanol–water partition coefficient (Wildman–Crippen LogP) is 1.84. The van der Waals surface area contributed by atoms with E-state index in [-0.39, 0.29) is 10.8 Å². The van der Waals surface area contributed by atoms with E-state index in [0.717, 1.165) is 11.3 Å². The van der Waals surface area contributed by atoms with Gasteiger partial charge in [0.05, 0.1) is 5.83 Å². The van der Waals surface area contributed by atoms with Gasteiger partial charge in [0.1, 0.15) is 0 Å². The molecule has 0 bridgehead atoms. The second-order valence-electron chi connectivity index (χ2n) is 1.81. The van der Waals surface area contributed by atoms with Gasteiger partial charge in [0.2, 0.25) is 5.91 Å². The minimum Gasteiger partial charge on any atom is -0.302 e. The van der Waals surface area contributed by atoms with Gasteiger partial charge in [-0.3, -0.25) is 4.79 Å². The molecule has 0 aromatic carbocycles. The Labute approximate surface area is 76.2 Å². The number of hydrogen-bond acceptors (Lipinski definition) is 3. The summed E-state index contributed by atoms with van der Waals surface area (Å²) in [6.45, 7) is 1.36. The maximum Gasteiger partial charge on any atom is 0.223 e. The van der Waals surface area contributed by atoms with Crippen molar-refractivity contribution >= 4 is 34.0 Å². The normalized spacial score (nSPS) is 13.6. The molecule has 0 aliphatic rings. The minimum absolute atomic E-state index is 0.240. The molecule has 1 heterocycles. The second kappa shape index (κ2) is 3.69. The summed E-state index contributed by atoms with van der Waals surface area (Å²) < 4.78 is 14.3. The van der Waals surface area contributed by atoms with Gasteiger partial charge in [0.25, 0.3) is 0 Å². The molecule has 0 radical (unpaired) electrons. The summed E-state index contributed by atoms with van der Waals surface area (Å²) in [4.78, 5) is 14.7. The van der Waals surface area contributed by atoms with E-state index < -0.39 is 5.83 Å². The Morgan fingerprint density at radius 3 is 3.27 bits per heavy atom. The second-order valence-corrected chi connectivity index (χ2v) is 3.02. The van der Waals surface area contributed by atoms with Crippen molar-refractivity contribution in [2.24, 2.45) is 0 Å². The highest BCUT2D eigenvalue weighted by atomic mass is 35.5. The quantitative estimate of drug-likeness (QED) is 0.727. The molecule has 0 saturated carbocycles. The fourth-order valence-corrected chi connectivity index (χ4v) is 1.34. The fourth-order valence-electron chi connectivity index (χ4n) is 0.526. The Morgan fingerprint density at radius 1 is 2.09 bits per heavy atom. The molecule has 1 rings (SSSR count). The number of hydrogen-bond donors (Lipinski definition) is 1. The van der Waals surface area contributed by atoms with E-state index in [1.807, 2.05) is 0 Å². The van der Waals surface area contributed by atoms with Crippen LogP contribution < -0.4 is 5.32 Å². The molecule has 0 saturated heterocycles. The highest BCUT2D eigenvalue weighted by Gasteiger charge is 2.00. The van der Waals surface area contributed by atoms with E-state index in [4.69, 9.17) is 14.3 Å². The van der Waals surface area contributed by atoms with Crippen molar-refractivity contribution in [2.45, 2.75) is 12.8 Å². The molecular formula is C6H7ClN2OS. The molecule has 5 heteroatoms. The first kappa shape index (κ1) is 5.97. The van der Waals surface area contributed by atoms with Gasteiger partial charge in [0.15, 0.2) is 5.13 Å². The summed E-state index contributed by atoms with van der Waals surface area (Å²) >= 11 is 6.42. The fraction of sp³-hybridized carbons (Fsp3) is 0.333. The molecule has 0 spiro atoms. The number of aromatic nitrogens is 1. The summed E-state index contributed by atoms with van der Waals surface area (Å²) in [5.74, 6) is -2.16. The van der Waals surface area contributed by atoms with Gasteiger partial charge in [-0.1, -0.05) is 0 Å². The van der Waals surface area contributed by atoms with Gasteiger partial charge in [-0.15, -0.1) is 22.9 Å². The molecular weight excluding hydrogens is 184 g/mol. The lowest BCUT2D eigenvalue weighted by Crippen LogP contribution is -2.04. The highest BCUT2D eigenvalue weighted by Crippen LogP contribution is 2.18. The largest absolute Gasteiger partial charge is 0.302 e. The van der Waals surface area contributed by atoms with Gasteiger partial charge in [0, 0.05) is 20.7 Å². The van der Waals surface area contributed by atoms with Crippen molar-refractivity contribution in [1.82, 2.24) is 4.98 Å². The third kappa shape index (κ3) is 2.48. The maximum atomic E-state index is 10.6. The highest BCUT2D eigenvalue weighted by molar-refractivity contribution is 7.15. The zero-order valence-electron chi connectivity index (χ0n) is 7.72. The molecule has 0 aliphatic carbocycles. The molecule has 1 N–H and O–H groups in total. The first-order valence-corrected chi connectivity index (χ1v) is 4.02. The number of thiazole rings is 1. The van der Waals surface area contributed by atoms with Crippen LogP contribution in [0, 0.1) is 0 Å². The van der Waals surface area contributed by atoms with E-state index in [0.29, 0.717) is 5.13 Å². The Kier molecular flexibility index (Phi) is 2.00. The van der Waals surface area contributed by atoms with Crippen LogP contribution in [0.2, 0.25) is 0 Å². The number of halogens is 1. The number of anilines is 1. The smallest absolute Gasteiger partial charge is 0.223 e. The monoisotopic (exact) mass is 192 g/mol. The SMILES string of the molecule is [2H]C([2H])(Cl)c1cnc(NC(C)=O)s1. The zero-order chi connectivity index (χ0) is 10.1. The van der Waals surface area contributed by atoms with Crippen LogP contribution in [0.5, 0.6) is 0 Å². The molecule has 11 heavy (non-hydrogen) atoms. The lowest BCUT2D eigenvalue weighted by Gasteiger charge is -1.91. The van der Waals surface area contributed by atoms with E-state index in [1.54, 1.807) is 0 Å². The Bertz CT molecular complexity index is 323. The van der Waals surface area contributed by atoms with Crippen molar-refractivity contribution < 1.29 is 7.54 Å². The van der Waals surface area contributed by atoms with Crippen molar-refractivity contribution in [3.05, 3.63) is 11.1 Å². The summed E-state index contributed by atoms with van der Waals surface area (Å²) in [5, 5.41) is 2.79. The van der Waals surface area contributed by atoms with Crippen LogP contribution in [-0.4, -0.2) is 10.9 Å². The number of alkyl halides is 1. The standard InChI is InChI=1S/C6H7ClN2OS/c1-4(10)9-6-8-3-5(2-7)11-6/h3H,2H2,1H3,(H,8,9,10)/i2D2. The van der Waals surface area contributed by atoms with Gasteiger partial charge < -0.3 is 5.32 Å². The third-order valence-electron chi connectivity index (χ3n) is 0.882. The Hall–Kier alpha value is -0.610. The van der Waals surface area contributed by atoms with Crippen LogP contribution in [0.1, 0.15) is 14.5 Å². The van der Waals surface area contributed by atoms with Gasteiger partial charge in [-0.2, -0.15) is 0 Å². The van der Waals surface area contributed by atoms with E-state index in [2.05, 4.69) is 10.3 Å². The average molecular weight is 193 g/mol. The molecule has 1 amide bonds. The number of rotatable bonds is 2. The van der Waals surface area contributed by atoms with Crippen molar-refractivity contribution in [2.75, 3.05) is 5.32 Å². The lowest BCUT2D eigenvalue weighted by molar-refractivity contribution is -0.114. The van der Waals surface area contributed by atoms with Crippen LogP contribution in [0.3, 0.4) is 0 Å². The van der Waals surface area contributed by atoms with Gasteiger partial charge in [-0.05, 0) is 0 Å². The molecule has 0 fully saturated rings. The number of nitrogens with zero attached hydrogens (tertiary/aromatic N) is 1. The topological polar surface area (TPSA) is 42.0 Å². The summed E-state index contributed by atoms with van der Waals surface area (Å²) in [6, 6.07) is 0. The first-order chi connectivity index (χ1) is 5.89. The van der Waals surface area contributed by atoms with Crippen LogP contribution in [0.25, 0.3) is 0 Å². The van der Waals surface area contributed by atoms with Crippen LogP contribution in [0.4, 0.5) is 5.13 Å². The van der Waals surface area contributed by atoms with Crippen LogP contribution in [-0.2, 0) is 10.6 Å². The molecule has 1 aromatic rings. The lowest BCUT2D eigenvalue weighted by atomic mass is 10.6. The van der Waals surface area contributed by atoms with Crippen LogP contribution in [0.15, 0.2) is 6.20 Å². The molecule has 3 nitrogen and oxygen atoms in total. The third-order valence-corrected chi connectivity index (χ3v) is 2.03. The Balaban J connectivity index is 2.81. The van der Waals surface area contributed by atoms with Crippen molar-refractivity contribution in [3.63, 3.8) is 0 Å².